The SMILES string of the molecule is CCC(C)N(CC(=O)O)C(=O)C(C)Oc1ccc(Cl)cc1. The van der Waals surface area contributed by atoms with E-state index in [1.807, 2.05) is 13.8 Å². The molecule has 1 N–H and O–H groups in total. The highest BCUT2D eigenvalue weighted by atomic mass is 35.5. The van der Waals surface area contributed by atoms with Crippen LogP contribution in [0.3, 0.4) is 0 Å². The van der Waals surface area contributed by atoms with Crippen molar-refractivity contribution in [1.82, 2.24) is 4.90 Å². The zero-order chi connectivity index (χ0) is 16.0. The molecule has 0 spiro atoms. The second kappa shape index (κ2) is 7.88. The molecule has 5 nitrogen and oxygen atoms in total. The molecule has 1 aromatic rings. The Labute approximate surface area is 129 Å². The number of carboxylic acids is 1. The van der Waals surface area contributed by atoms with Gasteiger partial charge in [0, 0.05) is 11.1 Å². The Kier molecular flexibility index (Phi) is 6.49. The molecule has 0 fully saturated rings. The molecule has 0 aromatic heterocycles. The smallest absolute Gasteiger partial charge is 0.323 e. The molecule has 116 valence electrons. The molecular formula is C15H20ClNO4. The van der Waals surface area contributed by atoms with Gasteiger partial charge in [0.05, 0.1) is 0 Å². The molecule has 21 heavy (non-hydrogen) atoms. The largest absolute Gasteiger partial charge is 0.481 e. The lowest BCUT2D eigenvalue weighted by atomic mass is 10.2. The van der Waals surface area contributed by atoms with Gasteiger partial charge in [-0.1, -0.05) is 18.5 Å². The van der Waals surface area contributed by atoms with Crippen LogP contribution in [-0.2, 0) is 9.59 Å². The third-order valence-electron chi connectivity index (χ3n) is 3.19. The highest BCUT2D eigenvalue weighted by Crippen LogP contribution is 2.18. The van der Waals surface area contributed by atoms with Crippen molar-refractivity contribution >= 4 is 23.5 Å². The Morgan fingerprint density at radius 3 is 2.33 bits per heavy atom. The van der Waals surface area contributed by atoms with E-state index >= 15 is 0 Å². The maximum Gasteiger partial charge on any atom is 0.323 e. The summed E-state index contributed by atoms with van der Waals surface area (Å²) in [5.74, 6) is -0.872. The number of hydrogen-bond acceptors (Lipinski definition) is 3. The van der Waals surface area contributed by atoms with Crippen LogP contribution in [0.25, 0.3) is 0 Å². The first-order valence-electron chi connectivity index (χ1n) is 6.79. The number of aliphatic carboxylic acids is 1. The molecule has 0 aliphatic carbocycles. The molecule has 0 aliphatic rings. The molecular weight excluding hydrogens is 294 g/mol. The van der Waals surface area contributed by atoms with Gasteiger partial charge in [-0.25, -0.2) is 0 Å². The van der Waals surface area contributed by atoms with Crippen LogP contribution in [0.15, 0.2) is 24.3 Å². The maximum atomic E-state index is 12.4. The third kappa shape index (κ3) is 5.27. The van der Waals surface area contributed by atoms with Gasteiger partial charge in [0.25, 0.3) is 5.91 Å². The van der Waals surface area contributed by atoms with Gasteiger partial charge >= 0.3 is 5.97 Å². The molecule has 0 saturated carbocycles. The lowest BCUT2D eigenvalue weighted by Crippen LogP contribution is -2.47. The summed E-state index contributed by atoms with van der Waals surface area (Å²) in [7, 11) is 0. The lowest BCUT2D eigenvalue weighted by molar-refractivity contribution is -0.149. The fourth-order valence-corrected chi connectivity index (χ4v) is 1.94. The van der Waals surface area contributed by atoms with Crippen LogP contribution in [0.1, 0.15) is 27.2 Å². The predicted octanol–water partition coefficient (Wildman–Crippen LogP) is 2.82. The van der Waals surface area contributed by atoms with Crippen LogP contribution in [0, 0.1) is 0 Å². The Bertz CT molecular complexity index is 489. The normalized spacial score (nSPS) is 13.3. The average molecular weight is 314 g/mol. The predicted molar refractivity (Wildman–Crippen MR) is 80.6 cm³/mol. The third-order valence-corrected chi connectivity index (χ3v) is 3.44. The highest BCUT2D eigenvalue weighted by molar-refractivity contribution is 6.30. The van der Waals surface area contributed by atoms with Gasteiger partial charge in [0.1, 0.15) is 12.3 Å². The van der Waals surface area contributed by atoms with Crippen molar-refractivity contribution in [2.45, 2.75) is 39.3 Å². The van der Waals surface area contributed by atoms with E-state index in [2.05, 4.69) is 0 Å². The highest BCUT2D eigenvalue weighted by Gasteiger charge is 2.27. The molecule has 1 amide bonds. The van der Waals surface area contributed by atoms with E-state index < -0.39 is 12.1 Å². The number of hydrogen-bond donors (Lipinski definition) is 1. The van der Waals surface area contributed by atoms with Crippen LogP contribution in [0.5, 0.6) is 5.75 Å². The number of halogens is 1. The molecule has 1 rings (SSSR count). The summed E-state index contributed by atoms with van der Waals surface area (Å²) < 4.78 is 5.55. The summed E-state index contributed by atoms with van der Waals surface area (Å²) in [5, 5.41) is 9.51. The molecule has 0 aliphatic heterocycles. The van der Waals surface area contributed by atoms with Crippen molar-refractivity contribution in [3.63, 3.8) is 0 Å². The van der Waals surface area contributed by atoms with E-state index in [0.29, 0.717) is 17.2 Å². The number of carbonyl (C=O) groups is 2. The van der Waals surface area contributed by atoms with Gasteiger partial charge in [-0.15, -0.1) is 0 Å². The molecule has 0 radical (unpaired) electrons. The van der Waals surface area contributed by atoms with Crippen molar-refractivity contribution in [2.75, 3.05) is 6.54 Å². The summed E-state index contributed by atoms with van der Waals surface area (Å²) >= 11 is 5.78. The maximum absolute atomic E-state index is 12.4. The van der Waals surface area contributed by atoms with E-state index in [1.165, 1.54) is 4.90 Å². The van der Waals surface area contributed by atoms with Crippen molar-refractivity contribution in [1.29, 1.82) is 0 Å². The van der Waals surface area contributed by atoms with Crippen LogP contribution < -0.4 is 4.74 Å². The molecule has 0 bridgehead atoms. The molecule has 2 unspecified atom stereocenters. The van der Waals surface area contributed by atoms with Gasteiger partial charge in [0.15, 0.2) is 6.10 Å². The van der Waals surface area contributed by atoms with Crippen molar-refractivity contribution in [3.8, 4) is 5.75 Å². The van der Waals surface area contributed by atoms with Gasteiger partial charge in [-0.05, 0) is 44.5 Å². The van der Waals surface area contributed by atoms with Crippen molar-refractivity contribution < 1.29 is 19.4 Å². The second-order valence-electron chi connectivity index (χ2n) is 4.83. The lowest BCUT2D eigenvalue weighted by Gasteiger charge is -2.29. The van der Waals surface area contributed by atoms with Gasteiger partial charge in [-0.3, -0.25) is 9.59 Å². The summed E-state index contributed by atoms with van der Waals surface area (Å²) in [4.78, 5) is 24.6. The topological polar surface area (TPSA) is 66.8 Å². The fourth-order valence-electron chi connectivity index (χ4n) is 1.82. The summed E-state index contributed by atoms with van der Waals surface area (Å²) in [5.41, 5.74) is 0. The number of amides is 1. The van der Waals surface area contributed by atoms with Crippen LogP contribution in [0.2, 0.25) is 5.02 Å². The number of carbonyl (C=O) groups excluding carboxylic acids is 1. The molecule has 1 aromatic carbocycles. The standard InChI is InChI=1S/C15H20ClNO4/c1-4-10(2)17(9-14(18)19)15(20)11(3)21-13-7-5-12(16)6-8-13/h5-8,10-11H,4,9H2,1-3H3,(H,18,19). The number of ether oxygens (including phenoxy) is 1. The van der Waals surface area contributed by atoms with Crippen LogP contribution in [-0.4, -0.2) is 40.6 Å². The number of rotatable bonds is 7. The number of carboxylic acid groups (broad SMARTS) is 1. The number of nitrogens with zero attached hydrogens (tertiary/aromatic N) is 1. The minimum atomic E-state index is -1.04. The summed E-state index contributed by atoms with van der Waals surface area (Å²) in [6, 6.07) is 6.49. The van der Waals surface area contributed by atoms with Crippen molar-refractivity contribution in [2.24, 2.45) is 0 Å². The van der Waals surface area contributed by atoms with E-state index in [-0.39, 0.29) is 18.5 Å². The summed E-state index contributed by atoms with van der Waals surface area (Å²) in [6.07, 6.45) is -0.0910. The zero-order valence-electron chi connectivity index (χ0n) is 12.4. The Morgan fingerprint density at radius 1 is 1.29 bits per heavy atom. The van der Waals surface area contributed by atoms with E-state index in [9.17, 15) is 9.59 Å². The fraction of sp³-hybridized carbons (Fsp3) is 0.467. The Hall–Kier alpha value is -1.75. The molecule has 0 saturated heterocycles. The first-order valence-corrected chi connectivity index (χ1v) is 7.17. The average Bonchev–Trinajstić information content (AvgIpc) is 2.45. The minimum absolute atomic E-state index is 0.162. The van der Waals surface area contributed by atoms with Crippen molar-refractivity contribution in [3.05, 3.63) is 29.3 Å². The van der Waals surface area contributed by atoms with E-state index in [0.717, 1.165) is 0 Å². The molecule has 2 atom stereocenters. The van der Waals surface area contributed by atoms with E-state index in [4.69, 9.17) is 21.4 Å². The molecule has 0 heterocycles. The first-order chi connectivity index (χ1) is 9.85. The van der Waals surface area contributed by atoms with Gasteiger partial charge in [-0.2, -0.15) is 0 Å². The van der Waals surface area contributed by atoms with Crippen LogP contribution in [0.4, 0.5) is 0 Å². The van der Waals surface area contributed by atoms with E-state index in [1.54, 1.807) is 31.2 Å². The quantitative estimate of drug-likeness (QED) is 0.840. The zero-order valence-corrected chi connectivity index (χ0v) is 13.1. The second-order valence-corrected chi connectivity index (χ2v) is 5.27. The first kappa shape index (κ1) is 17.3. The van der Waals surface area contributed by atoms with Gasteiger partial charge in [0.2, 0.25) is 0 Å². The van der Waals surface area contributed by atoms with Gasteiger partial charge < -0.3 is 14.7 Å². The Balaban J connectivity index is 2.77. The summed E-state index contributed by atoms with van der Waals surface area (Å²) in [6.45, 7) is 4.99. The van der Waals surface area contributed by atoms with Crippen LogP contribution >= 0.6 is 11.6 Å². The number of benzene rings is 1. The minimum Gasteiger partial charge on any atom is -0.481 e. The monoisotopic (exact) mass is 313 g/mol. The molecule has 6 heteroatoms. The Morgan fingerprint density at radius 2 is 1.86 bits per heavy atom.